The Morgan fingerprint density at radius 3 is 1.88 bits per heavy atom. The molecule has 0 amide bonds. The minimum Gasteiger partial charge on any atom is -0.323 e. The van der Waals surface area contributed by atoms with Gasteiger partial charge in [-0.25, -0.2) is 0 Å². The maximum atomic E-state index is 6.25. The Morgan fingerprint density at radius 2 is 1.47 bits per heavy atom. The molecule has 1 saturated carbocycles. The standard InChI is InChI=1S/C13H23NO3/c1-8(2)3-4-12(14)13-15-9-5-10(16-13)7-11(6-9)17-13/h8-12H,3-7,14H2,1-2H3/t9?,10?,11?,12-,13?/m0/s1. The van der Waals surface area contributed by atoms with Crippen molar-refractivity contribution in [2.75, 3.05) is 0 Å². The SMILES string of the molecule is CC(C)CC[C@H](N)C12OC3CC(CC(C3)O1)O2. The molecule has 4 bridgehead atoms. The zero-order valence-electron chi connectivity index (χ0n) is 10.7. The number of ether oxygens (including phenoxy) is 3. The van der Waals surface area contributed by atoms with E-state index in [4.69, 9.17) is 19.9 Å². The van der Waals surface area contributed by atoms with Crippen molar-refractivity contribution in [3.8, 4) is 0 Å². The molecule has 4 aliphatic rings. The van der Waals surface area contributed by atoms with Crippen LogP contribution in [0.25, 0.3) is 0 Å². The van der Waals surface area contributed by atoms with Crippen molar-refractivity contribution in [2.24, 2.45) is 11.7 Å². The van der Waals surface area contributed by atoms with E-state index in [9.17, 15) is 0 Å². The van der Waals surface area contributed by atoms with Gasteiger partial charge >= 0.3 is 0 Å². The summed E-state index contributed by atoms with van der Waals surface area (Å²) in [6, 6.07) is -0.168. The largest absolute Gasteiger partial charge is 0.323 e. The van der Waals surface area contributed by atoms with E-state index in [2.05, 4.69) is 13.8 Å². The average Bonchev–Trinajstić information content (AvgIpc) is 2.23. The lowest BCUT2D eigenvalue weighted by Gasteiger charge is -2.56. The van der Waals surface area contributed by atoms with E-state index in [1.807, 2.05) is 0 Å². The lowest BCUT2D eigenvalue weighted by molar-refractivity contribution is -0.499. The third kappa shape index (κ3) is 2.12. The molecule has 0 radical (unpaired) electrons. The molecule has 4 rings (SSSR count). The normalized spacial score (nSPS) is 45.5. The fourth-order valence-electron chi connectivity index (χ4n) is 3.19. The van der Waals surface area contributed by atoms with E-state index in [1.54, 1.807) is 0 Å². The summed E-state index contributed by atoms with van der Waals surface area (Å²) in [5.41, 5.74) is 6.25. The molecule has 0 unspecified atom stereocenters. The van der Waals surface area contributed by atoms with Crippen LogP contribution in [0.2, 0.25) is 0 Å². The molecule has 3 saturated heterocycles. The van der Waals surface area contributed by atoms with Gasteiger partial charge in [0, 0.05) is 19.3 Å². The Bertz CT molecular complexity index is 257. The van der Waals surface area contributed by atoms with Gasteiger partial charge in [-0.1, -0.05) is 13.8 Å². The predicted molar refractivity (Wildman–Crippen MR) is 63.2 cm³/mol. The van der Waals surface area contributed by atoms with E-state index in [0.717, 1.165) is 32.1 Å². The van der Waals surface area contributed by atoms with Gasteiger partial charge in [0.05, 0.1) is 24.4 Å². The lowest BCUT2D eigenvalue weighted by Crippen LogP contribution is -2.68. The third-order valence-corrected chi connectivity index (χ3v) is 4.08. The second-order valence-corrected chi connectivity index (χ2v) is 6.11. The molecule has 4 nitrogen and oxygen atoms in total. The third-order valence-electron chi connectivity index (χ3n) is 4.08. The molecule has 0 spiro atoms. The number of hydrogen-bond acceptors (Lipinski definition) is 4. The molecule has 0 aromatic carbocycles. The zero-order valence-corrected chi connectivity index (χ0v) is 10.7. The fourth-order valence-corrected chi connectivity index (χ4v) is 3.19. The summed E-state index contributed by atoms with van der Waals surface area (Å²) in [6.07, 6.45) is 5.90. The molecule has 4 heteroatoms. The second-order valence-electron chi connectivity index (χ2n) is 6.11. The van der Waals surface area contributed by atoms with Crippen LogP contribution in [-0.2, 0) is 14.2 Å². The molecule has 0 aromatic rings. The van der Waals surface area contributed by atoms with Gasteiger partial charge in [-0.3, -0.25) is 0 Å². The van der Waals surface area contributed by atoms with Gasteiger partial charge in [0.15, 0.2) is 0 Å². The van der Waals surface area contributed by atoms with Crippen LogP contribution in [-0.4, -0.2) is 30.3 Å². The molecule has 2 N–H and O–H groups in total. The van der Waals surface area contributed by atoms with Crippen LogP contribution in [0.4, 0.5) is 0 Å². The van der Waals surface area contributed by atoms with Gasteiger partial charge in [-0.05, 0) is 18.8 Å². The highest BCUT2D eigenvalue weighted by Crippen LogP contribution is 2.46. The summed E-state index contributed by atoms with van der Waals surface area (Å²) in [6.45, 7) is 4.41. The minimum atomic E-state index is -0.927. The Morgan fingerprint density at radius 1 is 1.00 bits per heavy atom. The van der Waals surface area contributed by atoms with Crippen molar-refractivity contribution in [1.29, 1.82) is 0 Å². The average molecular weight is 241 g/mol. The highest BCUT2D eigenvalue weighted by Gasteiger charge is 2.57. The first-order valence-corrected chi connectivity index (χ1v) is 6.86. The molecule has 17 heavy (non-hydrogen) atoms. The van der Waals surface area contributed by atoms with Crippen LogP contribution in [0, 0.1) is 5.92 Å². The van der Waals surface area contributed by atoms with Crippen molar-refractivity contribution in [3.63, 3.8) is 0 Å². The first-order chi connectivity index (χ1) is 8.07. The molecule has 1 atom stereocenters. The molecular weight excluding hydrogens is 218 g/mol. The van der Waals surface area contributed by atoms with E-state index < -0.39 is 5.97 Å². The van der Waals surface area contributed by atoms with Crippen molar-refractivity contribution in [1.82, 2.24) is 0 Å². The number of hydrogen-bond donors (Lipinski definition) is 1. The molecule has 3 heterocycles. The van der Waals surface area contributed by atoms with E-state index in [0.29, 0.717) is 24.2 Å². The van der Waals surface area contributed by atoms with Crippen molar-refractivity contribution in [2.45, 2.75) is 76.3 Å². The van der Waals surface area contributed by atoms with Crippen molar-refractivity contribution >= 4 is 0 Å². The topological polar surface area (TPSA) is 53.7 Å². The second kappa shape index (κ2) is 4.19. The Kier molecular flexibility index (Phi) is 2.94. The van der Waals surface area contributed by atoms with E-state index in [1.165, 1.54) is 0 Å². The molecule has 1 aliphatic carbocycles. The van der Waals surface area contributed by atoms with Crippen molar-refractivity contribution < 1.29 is 14.2 Å². The molecule has 3 aliphatic heterocycles. The summed E-state index contributed by atoms with van der Waals surface area (Å²) in [4.78, 5) is 0. The Balaban J connectivity index is 1.68. The summed E-state index contributed by atoms with van der Waals surface area (Å²) >= 11 is 0. The van der Waals surface area contributed by atoms with Crippen LogP contribution >= 0.6 is 0 Å². The van der Waals surface area contributed by atoms with Gasteiger partial charge in [-0.2, -0.15) is 0 Å². The van der Waals surface area contributed by atoms with Crippen LogP contribution in [0.15, 0.2) is 0 Å². The first kappa shape index (κ1) is 11.9. The lowest BCUT2D eigenvalue weighted by atomic mass is 9.88. The van der Waals surface area contributed by atoms with Crippen LogP contribution in [0.5, 0.6) is 0 Å². The van der Waals surface area contributed by atoms with Gasteiger partial charge in [0.25, 0.3) is 5.97 Å². The van der Waals surface area contributed by atoms with Crippen LogP contribution in [0.1, 0.15) is 46.0 Å². The smallest absolute Gasteiger partial charge is 0.299 e. The predicted octanol–water partition coefficient (Wildman–Crippen LogP) is 1.77. The van der Waals surface area contributed by atoms with Crippen LogP contribution < -0.4 is 5.73 Å². The van der Waals surface area contributed by atoms with Gasteiger partial charge < -0.3 is 19.9 Å². The zero-order chi connectivity index (χ0) is 12.0. The van der Waals surface area contributed by atoms with Gasteiger partial charge in [0.1, 0.15) is 0 Å². The molecule has 4 fully saturated rings. The summed E-state index contributed by atoms with van der Waals surface area (Å²) in [5.74, 6) is -0.279. The Labute approximate surface area is 103 Å². The van der Waals surface area contributed by atoms with Crippen LogP contribution in [0.3, 0.4) is 0 Å². The highest BCUT2D eigenvalue weighted by molar-refractivity contribution is 4.95. The van der Waals surface area contributed by atoms with E-state index in [-0.39, 0.29) is 6.04 Å². The molecule has 98 valence electrons. The number of nitrogens with two attached hydrogens (primary N) is 1. The quantitative estimate of drug-likeness (QED) is 0.815. The van der Waals surface area contributed by atoms with E-state index >= 15 is 0 Å². The first-order valence-electron chi connectivity index (χ1n) is 6.86. The minimum absolute atomic E-state index is 0.168. The number of rotatable bonds is 4. The highest BCUT2D eigenvalue weighted by atomic mass is 16.9. The molecule has 0 aromatic heterocycles. The van der Waals surface area contributed by atoms with Gasteiger partial charge in [-0.15, -0.1) is 0 Å². The Hall–Kier alpha value is -0.160. The van der Waals surface area contributed by atoms with Gasteiger partial charge in [0.2, 0.25) is 0 Å². The summed E-state index contributed by atoms with van der Waals surface area (Å²) < 4.78 is 17.8. The fraction of sp³-hybridized carbons (Fsp3) is 1.00. The maximum absolute atomic E-state index is 6.25. The van der Waals surface area contributed by atoms with Crippen molar-refractivity contribution in [3.05, 3.63) is 0 Å². The summed E-state index contributed by atoms with van der Waals surface area (Å²) in [7, 11) is 0. The monoisotopic (exact) mass is 241 g/mol. The summed E-state index contributed by atoms with van der Waals surface area (Å²) in [5, 5.41) is 0. The molecular formula is C13H23NO3. The maximum Gasteiger partial charge on any atom is 0.299 e.